The van der Waals surface area contributed by atoms with Crippen molar-refractivity contribution in [2.45, 2.75) is 10.6 Å². The zero-order valence-corrected chi connectivity index (χ0v) is 15.0. The first-order chi connectivity index (χ1) is 11.7. The minimum atomic E-state index is -3.29. The van der Waals surface area contributed by atoms with Crippen molar-refractivity contribution in [3.05, 3.63) is 59.1 Å². The van der Waals surface area contributed by atoms with Crippen molar-refractivity contribution in [2.24, 2.45) is 4.99 Å². The van der Waals surface area contributed by atoms with Crippen molar-refractivity contribution >= 4 is 33.0 Å². The van der Waals surface area contributed by atoms with Crippen LogP contribution in [0, 0.1) is 0 Å². The number of nitrogens with zero attached hydrogens (tertiary/aromatic N) is 2. The number of amidine groups is 1. The maximum atomic E-state index is 11.6. The van der Waals surface area contributed by atoms with Gasteiger partial charge < -0.3 is 15.1 Å². The molecule has 1 aliphatic rings. The van der Waals surface area contributed by atoms with E-state index in [0.29, 0.717) is 16.5 Å². The molecule has 1 atom stereocenters. The first-order valence-electron chi connectivity index (χ1n) is 7.49. The third-order valence-electron chi connectivity index (χ3n) is 3.91. The van der Waals surface area contributed by atoms with E-state index < -0.39 is 22.2 Å². The molecule has 1 unspecified atom stereocenters. The molecule has 0 saturated carbocycles. The van der Waals surface area contributed by atoms with Gasteiger partial charge in [0.1, 0.15) is 5.84 Å². The molecule has 0 saturated heterocycles. The first-order valence-corrected chi connectivity index (χ1v) is 9.75. The number of rotatable bonds is 4. The van der Waals surface area contributed by atoms with E-state index in [9.17, 15) is 18.6 Å². The van der Waals surface area contributed by atoms with E-state index in [2.05, 4.69) is 4.99 Å². The smallest absolute Gasteiger partial charge is 0.199 e. The van der Waals surface area contributed by atoms with E-state index in [1.165, 1.54) is 12.1 Å². The standard InChI is InChI=1S/C17H17ClN2O4S/c1-25(23,24)15-8-6-14(7-9-15)20-10-17(22,11-21)19-16(20)12-2-4-13(18)5-3-12/h2-9,21-22H,10-11H2,1H3. The minimum absolute atomic E-state index is 0.0552. The van der Waals surface area contributed by atoms with Crippen LogP contribution in [0.2, 0.25) is 5.02 Å². The van der Waals surface area contributed by atoms with Gasteiger partial charge in [-0.3, -0.25) is 0 Å². The number of hydrogen-bond acceptors (Lipinski definition) is 6. The molecule has 2 N–H and O–H groups in total. The Kier molecular flexibility index (Phi) is 4.59. The van der Waals surface area contributed by atoms with Gasteiger partial charge in [0.15, 0.2) is 15.6 Å². The number of aliphatic hydroxyl groups excluding tert-OH is 1. The summed E-state index contributed by atoms with van der Waals surface area (Å²) in [7, 11) is -3.29. The monoisotopic (exact) mass is 380 g/mol. The molecular weight excluding hydrogens is 364 g/mol. The lowest BCUT2D eigenvalue weighted by Gasteiger charge is -2.23. The van der Waals surface area contributed by atoms with Gasteiger partial charge in [-0.2, -0.15) is 0 Å². The average molecular weight is 381 g/mol. The van der Waals surface area contributed by atoms with Crippen molar-refractivity contribution in [1.29, 1.82) is 0 Å². The molecule has 0 bridgehead atoms. The largest absolute Gasteiger partial charge is 0.391 e. The van der Waals surface area contributed by atoms with E-state index in [0.717, 1.165) is 11.8 Å². The van der Waals surface area contributed by atoms with E-state index in [1.54, 1.807) is 41.3 Å². The molecule has 0 aromatic heterocycles. The van der Waals surface area contributed by atoms with Crippen LogP contribution in [0.3, 0.4) is 0 Å². The van der Waals surface area contributed by atoms with Crippen molar-refractivity contribution in [3.63, 3.8) is 0 Å². The third-order valence-corrected chi connectivity index (χ3v) is 5.29. The fraction of sp³-hybridized carbons (Fsp3) is 0.235. The summed E-state index contributed by atoms with van der Waals surface area (Å²) in [5, 5.41) is 20.4. The van der Waals surface area contributed by atoms with Crippen LogP contribution in [-0.2, 0) is 9.84 Å². The Labute approximate surface area is 150 Å². The number of sulfone groups is 1. The molecular formula is C17H17ClN2O4S. The van der Waals surface area contributed by atoms with Gasteiger partial charge in [0.2, 0.25) is 0 Å². The van der Waals surface area contributed by atoms with Crippen molar-refractivity contribution in [2.75, 3.05) is 24.3 Å². The number of β-amino-alcohol motifs (C(OH)–C–C–N with tert-alkyl or cyclic N) is 1. The lowest BCUT2D eigenvalue weighted by molar-refractivity contribution is 0.00794. The lowest BCUT2D eigenvalue weighted by Crippen LogP contribution is -2.38. The molecule has 132 valence electrons. The predicted molar refractivity (Wildman–Crippen MR) is 96.9 cm³/mol. The van der Waals surface area contributed by atoms with Gasteiger partial charge in [-0.1, -0.05) is 11.6 Å². The second kappa shape index (κ2) is 6.42. The maximum absolute atomic E-state index is 11.6. The molecule has 6 nitrogen and oxygen atoms in total. The Bertz CT molecular complexity index is 911. The summed E-state index contributed by atoms with van der Waals surface area (Å²) >= 11 is 5.92. The average Bonchev–Trinajstić information content (AvgIpc) is 2.94. The van der Waals surface area contributed by atoms with E-state index >= 15 is 0 Å². The normalized spacial score (nSPS) is 20.6. The first kappa shape index (κ1) is 17.9. The number of anilines is 1. The Hall–Kier alpha value is -1.93. The molecule has 0 amide bonds. The fourth-order valence-corrected chi connectivity index (χ4v) is 3.37. The van der Waals surface area contributed by atoms with Crippen molar-refractivity contribution in [1.82, 2.24) is 0 Å². The van der Waals surface area contributed by atoms with Crippen LogP contribution in [0.1, 0.15) is 5.56 Å². The predicted octanol–water partition coefficient (Wildman–Crippen LogP) is 1.69. The van der Waals surface area contributed by atoms with Gasteiger partial charge >= 0.3 is 0 Å². The molecule has 8 heteroatoms. The summed E-state index contributed by atoms with van der Waals surface area (Å²) in [6.07, 6.45) is 1.14. The molecule has 1 aliphatic heterocycles. The molecule has 3 rings (SSSR count). The zero-order chi connectivity index (χ0) is 18.2. The zero-order valence-electron chi connectivity index (χ0n) is 13.4. The van der Waals surface area contributed by atoms with Gasteiger partial charge in [-0.25, -0.2) is 13.4 Å². The SMILES string of the molecule is CS(=O)(=O)c1ccc(N2CC(O)(CO)N=C2c2ccc(Cl)cc2)cc1. The Balaban J connectivity index is 2.02. The van der Waals surface area contributed by atoms with Crippen LogP contribution in [-0.4, -0.2) is 49.6 Å². The van der Waals surface area contributed by atoms with Crippen LogP contribution in [0.5, 0.6) is 0 Å². The van der Waals surface area contributed by atoms with Gasteiger partial charge in [0.25, 0.3) is 0 Å². The molecule has 2 aromatic carbocycles. The van der Waals surface area contributed by atoms with Gasteiger partial charge in [-0.05, 0) is 48.5 Å². The second-order valence-electron chi connectivity index (χ2n) is 5.94. The molecule has 0 aliphatic carbocycles. The van der Waals surface area contributed by atoms with E-state index in [4.69, 9.17) is 11.6 Å². The van der Waals surface area contributed by atoms with E-state index in [-0.39, 0.29) is 11.4 Å². The van der Waals surface area contributed by atoms with Crippen LogP contribution in [0.4, 0.5) is 5.69 Å². The summed E-state index contributed by atoms with van der Waals surface area (Å²) in [5.74, 6) is 0.473. The van der Waals surface area contributed by atoms with Gasteiger partial charge in [0, 0.05) is 22.5 Å². The Morgan fingerprint density at radius 2 is 1.76 bits per heavy atom. The van der Waals surface area contributed by atoms with Crippen molar-refractivity contribution in [3.8, 4) is 0 Å². The molecule has 2 aromatic rings. The van der Waals surface area contributed by atoms with Crippen LogP contribution < -0.4 is 4.90 Å². The minimum Gasteiger partial charge on any atom is -0.391 e. The molecule has 0 fully saturated rings. The highest BCUT2D eigenvalue weighted by molar-refractivity contribution is 7.90. The third kappa shape index (κ3) is 3.69. The Morgan fingerprint density at radius 3 is 2.28 bits per heavy atom. The van der Waals surface area contributed by atoms with Crippen LogP contribution >= 0.6 is 11.6 Å². The fourth-order valence-electron chi connectivity index (χ4n) is 2.61. The summed E-state index contributed by atoms with van der Waals surface area (Å²) in [6.45, 7) is -0.471. The number of benzene rings is 2. The van der Waals surface area contributed by atoms with Gasteiger partial charge in [-0.15, -0.1) is 0 Å². The molecule has 0 radical (unpaired) electrons. The summed E-state index contributed by atoms with van der Waals surface area (Å²) in [5.41, 5.74) is -0.240. The second-order valence-corrected chi connectivity index (χ2v) is 8.39. The summed E-state index contributed by atoms with van der Waals surface area (Å²) in [6, 6.07) is 13.2. The number of aliphatic hydroxyl groups is 2. The van der Waals surface area contributed by atoms with Crippen LogP contribution in [0.15, 0.2) is 58.4 Å². The highest BCUT2D eigenvalue weighted by Gasteiger charge is 2.38. The van der Waals surface area contributed by atoms with Crippen LogP contribution in [0.25, 0.3) is 0 Å². The summed E-state index contributed by atoms with van der Waals surface area (Å²) in [4.78, 5) is 6.19. The maximum Gasteiger partial charge on any atom is 0.199 e. The molecule has 1 heterocycles. The molecule has 25 heavy (non-hydrogen) atoms. The van der Waals surface area contributed by atoms with Crippen molar-refractivity contribution < 1.29 is 18.6 Å². The van der Waals surface area contributed by atoms with E-state index in [1.807, 2.05) is 0 Å². The van der Waals surface area contributed by atoms with Gasteiger partial charge in [0.05, 0.1) is 18.0 Å². The number of hydrogen-bond donors (Lipinski definition) is 2. The highest BCUT2D eigenvalue weighted by Crippen LogP contribution is 2.29. The highest BCUT2D eigenvalue weighted by atomic mass is 35.5. The number of halogens is 1. The lowest BCUT2D eigenvalue weighted by atomic mass is 10.1. The molecule has 0 spiro atoms. The Morgan fingerprint density at radius 1 is 1.16 bits per heavy atom. The summed E-state index contributed by atoms with van der Waals surface area (Å²) < 4.78 is 23.2. The topological polar surface area (TPSA) is 90.2 Å². The quantitative estimate of drug-likeness (QED) is 0.842. The number of aliphatic imine (C=N–C) groups is 1.